The maximum atomic E-state index is 5.47. The molecule has 20 heavy (non-hydrogen) atoms. The number of benzene rings is 1. The summed E-state index contributed by atoms with van der Waals surface area (Å²) in [6.45, 7) is 5.74. The minimum absolute atomic E-state index is 0.649. The Morgan fingerprint density at radius 3 is 2.95 bits per heavy atom. The summed E-state index contributed by atoms with van der Waals surface area (Å²) in [7, 11) is 1.68. The third-order valence-corrected chi connectivity index (χ3v) is 2.99. The first kappa shape index (κ1) is 14.3. The molecule has 4 heteroatoms. The first-order valence-corrected chi connectivity index (χ1v) is 6.71. The zero-order chi connectivity index (χ0) is 14.2. The van der Waals surface area contributed by atoms with Gasteiger partial charge in [0, 0.05) is 23.5 Å². The van der Waals surface area contributed by atoms with Crippen LogP contribution in [-0.4, -0.2) is 31.9 Å². The lowest BCUT2D eigenvalue weighted by atomic mass is 10.1. The Bertz CT molecular complexity index is 569. The summed E-state index contributed by atoms with van der Waals surface area (Å²) in [5.74, 6) is 1.71. The molecule has 0 aliphatic carbocycles. The molecule has 1 N–H and O–H groups in total. The Labute approximate surface area is 119 Å². The molecule has 0 amide bonds. The molecule has 4 nitrogen and oxygen atoms in total. The molecule has 106 valence electrons. The van der Waals surface area contributed by atoms with Crippen LogP contribution in [0.2, 0.25) is 0 Å². The number of methoxy groups -OCH3 is 1. The van der Waals surface area contributed by atoms with Gasteiger partial charge >= 0.3 is 0 Å². The van der Waals surface area contributed by atoms with Crippen LogP contribution in [0, 0.1) is 0 Å². The topological polar surface area (TPSA) is 43.4 Å². The molecular weight excluding hydrogens is 252 g/mol. The van der Waals surface area contributed by atoms with Crippen LogP contribution in [0.25, 0.3) is 10.8 Å². The summed E-state index contributed by atoms with van der Waals surface area (Å²) in [4.78, 5) is 4.38. The van der Waals surface area contributed by atoms with Gasteiger partial charge in [0.25, 0.3) is 0 Å². The second-order valence-electron chi connectivity index (χ2n) is 4.33. The number of fused-ring (bicyclic) bond motifs is 1. The summed E-state index contributed by atoms with van der Waals surface area (Å²) >= 11 is 0. The van der Waals surface area contributed by atoms with Crippen LogP contribution in [0.1, 0.15) is 6.42 Å². The molecule has 0 saturated heterocycles. The molecule has 0 bridgehead atoms. The highest BCUT2D eigenvalue weighted by molar-refractivity contribution is 5.95. The maximum absolute atomic E-state index is 5.47. The van der Waals surface area contributed by atoms with Crippen LogP contribution in [-0.2, 0) is 4.74 Å². The van der Waals surface area contributed by atoms with Crippen LogP contribution in [0.15, 0.2) is 43.1 Å². The van der Waals surface area contributed by atoms with Crippen molar-refractivity contribution in [2.45, 2.75) is 6.42 Å². The Morgan fingerprint density at radius 2 is 2.15 bits per heavy atom. The van der Waals surface area contributed by atoms with Crippen LogP contribution < -0.4 is 10.1 Å². The van der Waals surface area contributed by atoms with E-state index in [9.17, 15) is 0 Å². The van der Waals surface area contributed by atoms with Crippen molar-refractivity contribution in [3.8, 4) is 5.75 Å². The van der Waals surface area contributed by atoms with Gasteiger partial charge in [-0.15, -0.1) is 6.58 Å². The predicted molar refractivity (Wildman–Crippen MR) is 82.4 cm³/mol. The lowest BCUT2D eigenvalue weighted by molar-refractivity contribution is 0.149. The Morgan fingerprint density at radius 1 is 1.25 bits per heavy atom. The van der Waals surface area contributed by atoms with E-state index in [2.05, 4.69) is 16.9 Å². The number of nitrogens with one attached hydrogen (secondary N) is 1. The summed E-state index contributed by atoms with van der Waals surface area (Å²) in [5.41, 5.74) is 0. The fourth-order valence-corrected chi connectivity index (χ4v) is 2.01. The van der Waals surface area contributed by atoms with Gasteiger partial charge in [-0.25, -0.2) is 4.98 Å². The van der Waals surface area contributed by atoms with E-state index in [0.717, 1.165) is 35.3 Å². The standard InChI is InChI=1S/C16H20N2O2/c1-3-4-11-20-12-10-18-16-14-6-5-7-15(19-2)13(14)8-9-17-16/h3,5-9H,1,4,10-12H2,2H3,(H,17,18). The summed E-state index contributed by atoms with van der Waals surface area (Å²) in [5, 5.41) is 5.41. The molecule has 1 aromatic carbocycles. The number of rotatable bonds is 8. The summed E-state index contributed by atoms with van der Waals surface area (Å²) in [6.07, 6.45) is 4.52. The minimum atomic E-state index is 0.649. The third-order valence-electron chi connectivity index (χ3n) is 2.99. The van der Waals surface area contributed by atoms with Crippen LogP contribution in [0.5, 0.6) is 5.75 Å². The highest BCUT2D eigenvalue weighted by Crippen LogP contribution is 2.28. The monoisotopic (exact) mass is 272 g/mol. The molecule has 0 unspecified atom stereocenters. The minimum Gasteiger partial charge on any atom is -0.496 e. The predicted octanol–water partition coefficient (Wildman–Crippen LogP) is 3.25. The van der Waals surface area contributed by atoms with Crippen LogP contribution in [0.4, 0.5) is 5.82 Å². The van der Waals surface area contributed by atoms with Crippen molar-refractivity contribution in [2.75, 3.05) is 32.2 Å². The Kier molecular flexibility index (Phi) is 5.38. The quantitative estimate of drug-likeness (QED) is 0.592. The van der Waals surface area contributed by atoms with E-state index in [1.807, 2.05) is 30.3 Å². The Hall–Kier alpha value is -2.07. The van der Waals surface area contributed by atoms with Gasteiger partial charge < -0.3 is 14.8 Å². The fraction of sp³-hybridized carbons (Fsp3) is 0.312. The second kappa shape index (κ2) is 7.50. The largest absolute Gasteiger partial charge is 0.496 e. The highest BCUT2D eigenvalue weighted by Gasteiger charge is 2.05. The van der Waals surface area contributed by atoms with E-state index >= 15 is 0 Å². The van der Waals surface area contributed by atoms with Gasteiger partial charge in [-0.05, 0) is 18.6 Å². The number of aromatic nitrogens is 1. The fourth-order valence-electron chi connectivity index (χ4n) is 2.01. The Balaban J connectivity index is 2.01. The molecule has 2 rings (SSSR count). The van der Waals surface area contributed by atoms with Crippen molar-refractivity contribution >= 4 is 16.6 Å². The number of hydrogen-bond donors (Lipinski definition) is 1. The first-order valence-electron chi connectivity index (χ1n) is 6.71. The van der Waals surface area contributed by atoms with Gasteiger partial charge in [0.05, 0.1) is 20.3 Å². The molecular formula is C16H20N2O2. The van der Waals surface area contributed by atoms with E-state index < -0.39 is 0 Å². The molecule has 0 aliphatic rings. The number of pyridine rings is 1. The molecule has 0 saturated carbocycles. The summed E-state index contributed by atoms with van der Waals surface area (Å²) < 4.78 is 10.8. The van der Waals surface area contributed by atoms with E-state index in [1.165, 1.54) is 0 Å². The van der Waals surface area contributed by atoms with E-state index in [1.54, 1.807) is 13.3 Å². The molecule has 0 radical (unpaired) electrons. The normalized spacial score (nSPS) is 10.4. The summed E-state index contributed by atoms with van der Waals surface area (Å²) in [6, 6.07) is 7.91. The molecule has 0 aliphatic heterocycles. The number of hydrogen-bond acceptors (Lipinski definition) is 4. The van der Waals surface area contributed by atoms with Gasteiger partial charge in [0.15, 0.2) is 0 Å². The van der Waals surface area contributed by atoms with E-state index in [4.69, 9.17) is 9.47 Å². The van der Waals surface area contributed by atoms with Crippen molar-refractivity contribution < 1.29 is 9.47 Å². The lowest BCUT2D eigenvalue weighted by Crippen LogP contribution is -2.11. The van der Waals surface area contributed by atoms with Gasteiger partial charge in [0.2, 0.25) is 0 Å². The molecule has 0 spiro atoms. The lowest BCUT2D eigenvalue weighted by Gasteiger charge is -2.11. The van der Waals surface area contributed by atoms with Crippen molar-refractivity contribution in [3.05, 3.63) is 43.1 Å². The van der Waals surface area contributed by atoms with Crippen LogP contribution >= 0.6 is 0 Å². The molecule has 2 aromatic rings. The van der Waals surface area contributed by atoms with E-state index in [-0.39, 0.29) is 0 Å². The molecule has 1 aromatic heterocycles. The average molecular weight is 272 g/mol. The number of anilines is 1. The molecule has 0 fully saturated rings. The third kappa shape index (κ3) is 3.48. The van der Waals surface area contributed by atoms with Gasteiger partial charge in [-0.2, -0.15) is 0 Å². The zero-order valence-corrected chi connectivity index (χ0v) is 11.8. The van der Waals surface area contributed by atoms with Crippen molar-refractivity contribution in [1.29, 1.82) is 0 Å². The first-order chi connectivity index (χ1) is 9.86. The van der Waals surface area contributed by atoms with Gasteiger partial charge in [0.1, 0.15) is 11.6 Å². The van der Waals surface area contributed by atoms with Crippen molar-refractivity contribution in [2.24, 2.45) is 0 Å². The average Bonchev–Trinajstić information content (AvgIpc) is 2.50. The number of ether oxygens (including phenoxy) is 2. The smallest absolute Gasteiger partial charge is 0.134 e. The number of nitrogens with zero attached hydrogens (tertiary/aromatic N) is 1. The molecule has 1 heterocycles. The van der Waals surface area contributed by atoms with E-state index in [0.29, 0.717) is 13.2 Å². The zero-order valence-electron chi connectivity index (χ0n) is 11.8. The highest BCUT2D eigenvalue weighted by atomic mass is 16.5. The SMILES string of the molecule is C=CCCOCCNc1nccc2c(OC)cccc12. The van der Waals surface area contributed by atoms with Crippen molar-refractivity contribution in [3.63, 3.8) is 0 Å². The second-order valence-corrected chi connectivity index (χ2v) is 4.33. The van der Waals surface area contributed by atoms with Crippen LogP contribution in [0.3, 0.4) is 0 Å². The van der Waals surface area contributed by atoms with Gasteiger partial charge in [-0.3, -0.25) is 0 Å². The van der Waals surface area contributed by atoms with Gasteiger partial charge in [-0.1, -0.05) is 18.2 Å². The van der Waals surface area contributed by atoms with Crippen molar-refractivity contribution in [1.82, 2.24) is 4.98 Å². The maximum Gasteiger partial charge on any atom is 0.134 e. The molecule has 0 atom stereocenters.